The monoisotopic (exact) mass is 232 g/mol. The summed E-state index contributed by atoms with van der Waals surface area (Å²) in [4.78, 5) is 11.8. The maximum Gasteiger partial charge on any atom is 0.225 e. The van der Waals surface area contributed by atoms with E-state index in [1.54, 1.807) is 0 Å². The molecule has 3 rings (SSSR count). The highest BCUT2D eigenvalue weighted by molar-refractivity contribution is 5.38. The second-order valence-corrected chi connectivity index (χ2v) is 5.04. The van der Waals surface area contributed by atoms with E-state index in [-0.39, 0.29) is 0 Å². The fourth-order valence-corrected chi connectivity index (χ4v) is 2.73. The number of hydrogen-bond acceptors (Lipinski definition) is 4. The molecule has 2 aliphatic heterocycles. The van der Waals surface area contributed by atoms with Crippen LogP contribution >= 0.6 is 0 Å². The van der Waals surface area contributed by atoms with Crippen molar-refractivity contribution in [2.24, 2.45) is 0 Å². The third-order valence-electron chi connectivity index (χ3n) is 3.77. The number of nitrogens with one attached hydrogen (secondary N) is 1. The third kappa shape index (κ3) is 2.14. The van der Waals surface area contributed by atoms with E-state index < -0.39 is 0 Å². The lowest BCUT2D eigenvalue weighted by Crippen LogP contribution is -2.26. The largest absolute Gasteiger partial charge is 0.341 e. The quantitative estimate of drug-likeness (QED) is 0.801. The predicted octanol–water partition coefficient (Wildman–Crippen LogP) is 1.77. The second kappa shape index (κ2) is 4.61. The van der Waals surface area contributed by atoms with Gasteiger partial charge in [0.25, 0.3) is 0 Å². The number of fused-ring (bicyclic) bond motifs is 1. The SMILES string of the molecule is Cc1nc(N2CCCCCC2)nc2c1CNC2. The standard InChI is InChI=1S/C13H20N4/c1-10-11-8-14-9-12(11)16-13(15-10)17-6-4-2-3-5-7-17/h14H,2-9H2,1H3. The van der Waals surface area contributed by atoms with Gasteiger partial charge in [0.15, 0.2) is 0 Å². The molecule has 17 heavy (non-hydrogen) atoms. The van der Waals surface area contributed by atoms with Crippen LogP contribution in [0, 0.1) is 6.92 Å². The number of hydrogen-bond donors (Lipinski definition) is 1. The first kappa shape index (κ1) is 11.0. The summed E-state index contributed by atoms with van der Waals surface area (Å²) in [5.41, 5.74) is 3.67. The van der Waals surface area contributed by atoms with Crippen LogP contribution in [0.15, 0.2) is 0 Å². The van der Waals surface area contributed by atoms with Crippen molar-refractivity contribution in [3.8, 4) is 0 Å². The van der Waals surface area contributed by atoms with Crippen LogP contribution in [0.1, 0.15) is 42.6 Å². The van der Waals surface area contributed by atoms with Crippen molar-refractivity contribution in [3.05, 3.63) is 17.0 Å². The molecule has 2 aliphatic rings. The first-order valence-corrected chi connectivity index (χ1v) is 6.66. The highest BCUT2D eigenvalue weighted by Gasteiger charge is 2.19. The summed E-state index contributed by atoms with van der Waals surface area (Å²) >= 11 is 0. The molecule has 1 fully saturated rings. The van der Waals surface area contributed by atoms with Gasteiger partial charge in [-0.1, -0.05) is 12.8 Å². The smallest absolute Gasteiger partial charge is 0.225 e. The Bertz CT molecular complexity index is 408. The van der Waals surface area contributed by atoms with Crippen molar-refractivity contribution in [1.29, 1.82) is 0 Å². The third-order valence-corrected chi connectivity index (χ3v) is 3.77. The Balaban J connectivity index is 1.89. The van der Waals surface area contributed by atoms with E-state index >= 15 is 0 Å². The van der Waals surface area contributed by atoms with Crippen molar-refractivity contribution >= 4 is 5.95 Å². The molecule has 92 valence electrons. The Hall–Kier alpha value is -1.16. The van der Waals surface area contributed by atoms with E-state index in [0.29, 0.717) is 0 Å². The molecule has 1 N–H and O–H groups in total. The van der Waals surface area contributed by atoms with E-state index in [0.717, 1.165) is 37.8 Å². The van der Waals surface area contributed by atoms with Crippen LogP contribution in [0.2, 0.25) is 0 Å². The molecule has 0 bridgehead atoms. The lowest BCUT2D eigenvalue weighted by molar-refractivity contribution is 0.726. The normalized spacial score (nSPS) is 20.2. The van der Waals surface area contributed by atoms with Crippen LogP contribution in [0.25, 0.3) is 0 Å². The summed E-state index contributed by atoms with van der Waals surface area (Å²) in [6.07, 6.45) is 5.25. The van der Waals surface area contributed by atoms with Gasteiger partial charge < -0.3 is 10.2 Å². The molecule has 0 spiro atoms. The van der Waals surface area contributed by atoms with Crippen LogP contribution in [0.4, 0.5) is 5.95 Å². The van der Waals surface area contributed by atoms with Crippen molar-refractivity contribution < 1.29 is 0 Å². The van der Waals surface area contributed by atoms with Crippen LogP contribution in [-0.2, 0) is 13.1 Å². The molecule has 0 amide bonds. The van der Waals surface area contributed by atoms with E-state index in [1.807, 2.05) is 0 Å². The van der Waals surface area contributed by atoms with Gasteiger partial charge in [-0.15, -0.1) is 0 Å². The fourth-order valence-electron chi connectivity index (χ4n) is 2.73. The van der Waals surface area contributed by atoms with Crippen molar-refractivity contribution in [3.63, 3.8) is 0 Å². The van der Waals surface area contributed by atoms with Gasteiger partial charge in [0.05, 0.1) is 5.69 Å². The molecule has 0 aromatic carbocycles. The second-order valence-electron chi connectivity index (χ2n) is 5.04. The summed E-state index contributed by atoms with van der Waals surface area (Å²) in [6.45, 7) is 6.17. The number of aromatic nitrogens is 2. The van der Waals surface area contributed by atoms with Crippen molar-refractivity contribution in [2.45, 2.75) is 45.7 Å². The van der Waals surface area contributed by atoms with E-state index in [1.165, 1.54) is 36.9 Å². The molecule has 0 unspecified atom stereocenters. The van der Waals surface area contributed by atoms with Gasteiger partial charge in [-0.25, -0.2) is 9.97 Å². The minimum absolute atomic E-state index is 0.902. The van der Waals surface area contributed by atoms with Gasteiger partial charge in [-0.2, -0.15) is 0 Å². The summed E-state index contributed by atoms with van der Waals surface area (Å²) in [5, 5.41) is 3.35. The highest BCUT2D eigenvalue weighted by atomic mass is 15.3. The van der Waals surface area contributed by atoms with Gasteiger partial charge in [0.1, 0.15) is 0 Å². The topological polar surface area (TPSA) is 41.1 Å². The molecule has 4 heteroatoms. The van der Waals surface area contributed by atoms with Gasteiger partial charge >= 0.3 is 0 Å². The predicted molar refractivity (Wildman–Crippen MR) is 68.0 cm³/mol. The van der Waals surface area contributed by atoms with Gasteiger partial charge in [0, 0.05) is 37.4 Å². The summed E-state index contributed by atoms with van der Waals surface area (Å²) < 4.78 is 0. The summed E-state index contributed by atoms with van der Waals surface area (Å²) in [7, 11) is 0. The Morgan fingerprint density at radius 1 is 1.00 bits per heavy atom. The van der Waals surface area contributed by atoms with Crippen LogP contribution in [0.3, 0.4) is 0 Å². The molecule has 1 saturated heterocycles. The lowest BCUT2D eigenvalue weighted by atomic mass is 10.2. The van der Waals surface area contributed by atoms with E-state index in [4.69, 9.17) is 4.98 Å². The zero-order valence-electron chi connectivity index (χ0n) is 10.5. The van der Waals surface area contributed by atoms with Crippen LogP contribution < -0.4 is 10.2 Å². The molecule has 0 atom stereocenters. The number of rotatable bonds is 1. The van der Waals surface area contributed by atoms with Gasteiger partial charge in [-0.3, -0.25) is 0 Å². The Labute approximate surface area is 102 Å². The van der Waals surface area contributed by atoms with Gasteiger partial charge in [-0.05, 0) is 19.8 Å². The molecule has 4 nitrogen and oxygen atoms in total. The average Bonchev–Trinajstić information content (AvgIpc) is 2.63. The Morgan fingerprint density at radius 2 is 1.76 bits per heavy atom. The number of aryl methyl sites for hydroxylation is 1. The minimum atomic E-state index is 0.902. The van der Waals surface area contributed by atoms with Crippen LogP contribution in [0.5, 0.6) is 0 Å². The van der Waals surface area contributed by atoms with Crippen molar-refractivity contribution in [2.75, 3.05) is 18.0 Å². The molecular weight excluding hydrogens is 212 g/mol. The maximum absolute atomic E-state index is 4.73. The molecular formula is C13H20N4. The Kier molecular flexibility index (Phi) is 2.97. The lowest BCUT2D eigenvalue weighted by Gasteiger charge is -2.21. The maximum atomic E-state index is 4.73. The summed E-state index contributed by atoms with van der Waals surface area (Å²) in [6, 6.07) is 0. The van der Waals surface area contributed by atoms with E-state index in [9.17, 15) is 0 Å². The van der Waals surface area contributed by atoms with Crippen molar-refractivity contribution in [1.82, 2.24) is 15.3 Å². The minimum Gasteiger partial charge on any atom is -0.341 e. The number of anilines is 1. The highest BCUT2D eigenvalue weighted by Crippen LogP contribution is 2.21. The first-order chi connectivity index (χ1) is 8.34. The molecule has 1 aromatic rings. The van der Waals surface area contributed by atoms with Gasteiger partial charge in [0.2, 0.25) is 5.95 Å². The first-order valence-electron chi connectivity index (χ1n) is 6.66. The summed E-state index contributed by atoms with van der Waals surface area (Å²) in [5.74, 6) is 0.951. The van der Waals surface area contributed by atoms with E-state index in [2.05, 4.69) is 22.1 Å². The average molecular weight is 232 g/mol. The molecule has 0 radical (unpaired) electrons. The molecule has 1 aromatic heterocycles. The zero-order valence-corrected chi connectivity index (χ0v) is 10.5. The van der Waals surface area contributed by atoms with Crippen LogP contribution in [-0.4, -0.2) is 23.1 Å². The Morgan fingerprint density at radius 3 is 2.53 bits per heavy atom. The number of nitrogens with zero attached hydrogens (tertiary/aromatic N) is 3. The zero-order chi connectivity index (χ0) is 11.7. The molecule has 0 aliphatic carbocycles. The molecule has 0 saturated carbocycles. The molecule has 3 heterocycles. The fraction of sp³-hybridized carbons (Fsp3) is 0.692.